The number of thiazole rings is 1. The Morgan fingerprint density at radius 1 is 1.58 bits per heavy atom. The third kappa shape index (κ3) is 2.69. The Morgan fingerprint density at radius 3 is 3.32 bits per heavy atom. The van der Waals surface area contributed by atoms with E-state index in [0.717, 1.165) is 23.7 Å². The van der Waals surface area contributed by atoms with Crippen LogP contribution in [0, 0.1) is 0 Å². The lowest BCUT2D eigenvalue weighted by molar-refractivity contribution is -0.0264. The maximum atomic E-state index is 11.9. The fourth-order valence-electron chi connectivity index (χ4n) is 2.26. The molecule has 1 atom stereocenters. The molecule has 0 aromatic carbocycles. The molecule has 3 rings (SSSR count). The minimum absolute atomic E-state index is 0.0233. The molecule has 2 aromatic heterocycles. The lowest BCUT2D eigenvalue weighted by Gasteiger charge is -2.31. The Bertz CT molecular complexity index is 623. The summed E-state index contributed by atoms with van der Waals surface area (Å²) < 4.78 is 7.09. The molecule has 1 fully saturated rings. The number of morpholine rings is 1. The van der Waals surface area contributed by atoms with E-state index in [-0.39, 0.29) is 11.7 Å². The van der Waals surface area contributed by atoms with E-state index in [1.165, 1.54) is 11.3 Å². The van der Waals surface area contributed by atoms with Crippen LogP contribution >= 0.6 is 11.3 Å². The molecule has 2 N–H and O–H groups in total. The molecule has 1 unspecified atom stereocenters. The van der Waals surface area contributed by atoms with Gasteiger partial charge >= 0.3 is 0 Å². The third-order valence-corrected chi connectivity index (χ3v) is 3.98. The first-order valence-corrected chi connectivity index (χ1v) is 7.14. The van der Waals surface area contributed by atoms with Crippen molar-refractivity contribution in [3.63, 3.8) is 0 Å². The van der Waals surface area contributed by atoms with E-state index >= 15 is 0 Å². The molecule has 102 valence electrons. The predicted molar refractivity (Wildman–Crippen MR) is 73.4 cm³/mol. The second-order valence-electron chi connectivity index (χ2n) is 4.60. The Hall–Kier alpha value is -1.28. The number of rotatable bonds is 3. The molecule has 0 bridgehead atoms. The van der Waals surface area contributed by atoms with Gasteiger partial charge in [-0.25, -0.2) is 4.98 Å². The molecule has 0 spiro atoms. The molecule has 1 saturated heterocycles. The monoisotopic (exact) mass is 280 g/mol. The van der Waals surface area contributed by atoms with Gasteiger partial charge in [-0.05, 0) is 0 Å². The van der Waals surface area contributed by atoms with E-state index < -0.39 is 0 Å². The fourth-order valence-corrected chi connectivity index (χ4v) is 3.00. The fraction of sp³-hybridized carbons (Fsp3) is 0.500. The molecule has 0 saturated carbocycles. The Labute approximate surface area is 114 Å². The van der Waals surface area contributed by atoms with Crippen molar-refractivity contribution in [2.75, 3.05) is 26.2 Å². The van der Waals surface area contributed by atoms with Gasteiger partial charge in [-0.2, -0.15) is 0 Å². The minimum atomic E-state index is -0.0233. The summed E-state index contributed by atoms with van der Waals surface area (Å²) in [5.41, 5.74) is 6.41. The quantitative estimate of drug-likeness (QED) is 0.851. The van der Waals surface area contributed by atoms with Gasteiger partial charge in [0.05, 0.1) is 18.4 Å². The summed E-state index contributed by atoms with van der Waals surface area (Å²) >= 11 is 1.47. The van der Waals surface area contributed by atoms with Gasteiger partial charge in [-0.3, -0.25) is 14.1 Å². The zero-order chi connectivity index (χ0) is 13.2. The summed E-state index contributed by atoms with van der Waals surface area (Å²) in [6, 6.07) is 1.60. The number of hydrogen-bond donors (Lipinski definition) is 1. The Morgan fingerprint density at radius 2 is 2.47 bits per heavy atom. The summed E-state index contributed by atoms with van der Waals surface area (Å²) in [4.78, 5) is 19.4. The molecule has 0 radical (unpaired) electrons. The molecule has 19 heavy (non-hydrogen) atoms. The SMILES string of the molecule is NCC1CN(Cc2cc(=O)n3ccsc3n2)CCO1. The summed E-state index contributed by atoms with van der Waals surface area (Å²) in [5, 5.41) is 1.87. The smallest absolute Gasteiger partial charge is 0.258 e. The molecular formula is C12H16N4O2S. The highest BCUT2D eigenvalue weighted by atomic mass is 32.1. The van der Waals surface area contributed by atoms with Gasteiger partial charge in [0.1, 0.15) is 0 Å². The zero-order valence-electron chi connectivity index (χ0n) is 10.5. The highest BCUT2D eigenvalue weighted by molar-refractivity contribution is 7.15. The van der Waals surface area contributed by atoms with Crippen molar-refractivity contribution in [3.05, 3.63) is 33.7 Å². The molecule has 1 aliphatic rings. The van der Waals surface area contributed by atoms with Crippen molar-refractivity contribution < 1.29 is 4.74 Å². The summed E-state index contributed by atoms with van der Waals surface area (Å²) in [5.74, 6) is 0. The van der Waals surface area contributed by atoms with Gasteiger partial charge in [0, 0.05) is 43.8 Å². The van der Waals surface area contributed by atoms with Crippen molar-refractivity contribution in [2.45, 2.75) is 12.6 Å². The average molecular weight is 280 g/mol. The molecular weight excluding hydrogens is 264 g/mol. The number of aromatic nitrogens is 2. The maximum absolute atomic E-state index is 11.9. The normalized spacial score (nSPS) is 21.0. The van der Waals surface area contributed by atoms with Crippen molar-refractivity contribution >= 4 is 16.3 Å². The van der Waals surface area contributed by atoms with Crippen LogP contribution in [-0.4, -0.2) is 46.6 Å². The zero-order valence-corrected chi connectivity index (χ0v) is 11.3. The lowest BCUT2D eigenvalue weighted by Crippen LogP contribution is -2.45. The van der Waals surface area contributed by atoms with E-state index in [0.29, 0.717) is 19.7 Å². The summed E-state index contributed by atoms with van der Waals surface area (Å²) in [6.07, 6.45) is 1.83. The van der Waals surface area contributed by atoms with Crippen molar-refractivity contribution in [1.29, 1.82) is 0 Å². The van der Waals surface area contributed by atoms with Crippen LogP contribution in [0.2, 0.25) is 0 Å². The third-order valence-electron chi connectivity index (χ3n) is 3.23. The summed E-state index contributed by atoms with van der Waals surface area (Å²) in [7, 11) is 0. The number of hydrogen-bond acceptors (Lipinski definition) is 6. The van der Waals surface area contributed by atoms with Crippen molar-refractivity contribution in [1.82, 2.24) is 14.3 Å². The molecule has 1 aliphatic heterocycles. The van der Waals surface area contributed by atoms with E-state index in [4.69, 9.17) is 10.5 Å². The molecule has 0 aliphatic carbocycles. The molecule has 3 heterocycles. The van der Waals surface area contributed by atoms with Gasteiger partial charge in [0.25, 0.3) is 5.56 Å². The molecule has 6 nitrogen and oxygen atoms in total. The second-order valence-corrected chi connectivity index (χ2v) is 5.48. The number of nitrogens with two attached hydrogens (primary N) is 1. The Balaban J connectivity index is 1.79. The van der Waals surface area contributed by atoms with Crippen LogP contribution in [0.3, 0.4) is 0 Å². The van der Waals surface area contributed by atoms with Crippen molar-refractivity contribution in [2.24, 2.45) is 5.73 Å². The van der Waals surface area contributed by atoms with Crippen LogP contribution in [-0.2, 0) is 11.3 Å². The van der Waals surface area contributed by atoms with Crippen LogP contribution in [0.15, 0.2) is 22.4 Å². The predicted octanol–water partition coefficient (Wildman–Crippen LogP) is -0.0845. The minimum Gasteiger partial charge on any atom is -0.374 e. The highest BCUT2D eigenvalue weighted by Gasteiger charge is 2.19. The van der Waals surface area contributed by atoms with Gasteiger partial charge < -0.3 is 10.5 Å². The van der Waals surface area contributed by atoms with E-state index in [2.05, 4.69) is 9.88 Å². The molecule has 7 heteroatoms. The molecule has 0 amide bonds. The standard InChI is InChI=1S/C12H16N4O2S/c13-6-10-8-15(1-3-18-10)7-9-5-11(17)16-2-4-19-12(16)14-9/h2,4-5,10H,1,3,6-8,13H2. The topological polar surface area (TPSA) is 72.9 Å². The largest absolute Gasteiger partial charge is 0.374 e. The van der Waals surface area contributed by atoms with Crippen LogP contribution in [0.1, 0.15) is 5.69 Å². The lowest BCUT2D eigenvalue weighted by atomic mass is 10.2. The van der Waals surface area contributed by atoms with Gasteiger partial charge in [-0.15, -0.1) is 11.3 Å². The van der Waals surface area contributed by atoms with E-state index in [1.807, 2.05) is 5.38 Å². The first kappa shape index (κ1) is 12.7. The van der Waals surface area contributed by atoms with Crippen LogP contribution in [0.25, 0.3) is 4.96 Å². The number of fused-ring (bicyclic) bond motifs is 1. The van der Waals surface area contributed by atoms with Gasteiger partial charge in [-0.1, -0.05) is 0 Å². The van der Waals surface area contributed by atoms with Crippen molar-refractivity contribution in [3.8, 4) is 0 Å². The van der Waals surface area contributed by atoms with Crippen LogP contribution in [0.5, 0.6) is 0 Å². The first-order chi connectivity index (χ1) is 9.26. The summed E-state index contributed by atoms with van der Waals surface area (Å²) in [6.45, 7) is 3.52. The average Bonchev–Trinajstić information content (AvgIpc) is 2.88. The van der Waals surface area contributed by atoms with E-state index in [9.17, 15) is 4.79 Å². The Kier molecular flexibility index (Phi) is 3.61. The van der Waals surface area contributed by atoms with Crippen LogP contribution < -0.4 is 11.3 Å². The maximum Gasteiger partial charge on any atom is 0.258 e. The second kappa shape index (κ2) is 5.38. The van der Waals surface area contributed by atoms with E-state index in [1.54, 1.807) is 16.7 Å². The highest BCUT2D eigenvalue weighted by Crippen LogP contribution is 2.10. The first-order valence-electron chi connectivity index (χ1n) is 6.26. The van der Waals surface area contributed by atoms with Gasteiger partial charge in [0.2, 0.25) is 0 Å². The number of nitrogens with zero attached hydrogens (tertiary/aromatic N) is 3. The molecule has 2 aromatic rings. The van der Waals surface area contributed by atoms with Gasteiger partial charge in [0.15, 0.2) is 4.96 Å². The van der Waals surface area contributed by atoms with Crippen LogP contribution in [0.4, 0.5) is 0 Å². The number of ether oxygens (including phenoxy) is 1.